The molecule has 0 nitrogen and oxygen atoms in total. The van der Waals surface area contributed by atoms with Gasteiger partial charge in [0.25, 0.3) is 0 Å². The highest BCUT2D eigenvalue weighted by atomic mass is 14.2. The molecule has 0 unspecified atom stereocenters. The highest BCUT2D eigenvalue weighted by molar-refractivity contribution is 6.24. The van der Waals surface area contributed by atoms with Gasteiger partial charge in [-0.15, -0.1) is 5.73 Å². The molecule has 0 heterocycles. The van der Waals surface area contributed by atoms with Crippen LogP contribution in [0.4, 0.5) is 0 Å². The lowest BCUT2D eigenvalue weighted by Crippen LogP contribution is -1.90. The van der Waals surface area contributed by atoms with Gasteiger partial charge < -0.3 is 0 Å². The Balaban J connectivity index is 1.47. The highest BCUT2D eigenvalue weighted by Gasteiger charge is 2.15. The molecule has 7 aromatic carbocycles. The predicted molar refractivity (Wildman–Crippen MR) is 160 cm³/mol. The van der Waals surface area contributed by atoms with Crippen molar-refractivity contribution in [2.24, 2.45) is 0 Å². The first-order valence-electron chi connectivity index (χ1n) is 12.8. The molecule has 0 bridgehead atoms. The Hall–Kier alpha value is -4.90. The monoisotopic (exact) mass is 466 g/mol. The topological polar surface area (TPSA) is 0 Å². The average Bonchev–Trinajstić information content (AvgIpc) is 3.44. The second-order valence-electron chi connectivity index (χ2n) is 9.90. The highest BCUT2D eigenvalue weighted by Crippen LogP contribution is 2.42. The molecule has 7 aromatic rings. The number of hydrogen-bond donors (Lipinski definition) is 0. The minimum Gasteiger partial charge on any atom is -0.120 e. The van der Waals surface area contributed by atoms with Crippen molar-refractivity contribution in [1.82, 2.24) is 0 Å². The van der Waals surface area contributed by atoms with Gasteiger partial charge in [-0.1, -0.05) is 97.1 Å². The SMILES string of the molecule is C1=Cc2ccc(-c3cc4c5ccccc5c(-c5ccc6ccccc6c5)cc4c4ccccc34)cc2C=1. The molecule has 170 valence electrons. The zero-order valence-electron chi connectivity index (χ0n) is 20.2. The van der Waals surface area contributed by atoms with Gasteiger partial charge in [-0.2, -0.15) is 0 Å². The van der Waals surface area contributed by atoms with E-state index in [1.165, 1.54) is 76.5 Å². The van der Waals surface area contributed by atoms with Crippen LogP contribution in [0.2, 0.25) is 0 Å². The molecule has 0 saturated carbocycles. The van der Waals surface area contributed by atoms with Gasteiger partial charge >= 0.3 is 0 Å². The summed E-state index contributed by atoms with van der Waals surface area (Å²) in [6.07, 6.45) is 4.13. The van der Waals surface area contributed by atoms with E-state index < -0.39 is 0 Å². The first-order valence-corrected chi connectivity index (χ1v) is 12.8. The first kappa shape index (κ1) is 20.3. The summed E-state index contributed by atoms with van der Waals surface area (Å²) in [6, 6.07) is 44.7. The van der Waals surface area contributed by atoms with Gasteiger partial charge in [0.05, 0.1) is 0 Å². The van der Waals surface area contributed by atoms with Crippen molar-refractivity contribution in [2.45, 2.75) is 0 Å². The third kappa shape index (κ3) is 3.10. The third-order valence-corrected chi connectivity index (χ3v) is 7.82. The average molecular weight is 467 g/mol. The standard InChI is InChI=1S/C37H22/c1-2-9-26-20-28(18-16-24(26)8-1)34-22-36-33-15-6-4-13-31(33)35(23-37(36)32-14-5-3-12-30(32)34)29-19-17-25-10-7-11-27(25)21-29/h1-6,8-23H. The van der Waals surface area contributed by atoms with Gasteiger partial charge in [-0.25, -0.2) is 0 Å². The van der Waals surface area contributed by atoms with Gasteiger partial charge in [0.2, 0.25) is 0 Å². The summed E-state index contributed by atoms with van der Waals surface area (Å²) in [5.41, 5.74) is 10.8. The second-order valence-corrected chi connectivity index (χ2v) is 9.90. The van der Waals surface area contributed by atoms with E-state index in [0.717, 1.165) is 0 Å². The fourth-order valence-electron chi connectivity index (χ4n) is 6.01. The maximum atomic E-state index is 3.24. The van der Waals surface area contributed by atoms with E-state index in [2.05, 4.69) is 139 Å². The van der Waals surface area contributed by atoms with Crippen LogP contribution in [0.25, 0.3) is 77.5 Å². The summed E-state index contributed by atoms with van der Waals surface area (Å²) in [5.74, 6) is 0. The summed E-state index contributed by atoms with van der Waals surface area (Å²) >= 11 is 0. The minimum atomic E-state index is 1.23. The largest absolute Gasteiger partial charge is 0.120 e. The van der Waals surface area contributed by atoms with Crippen LogP contribution in [0.5, 0.6) is 0 Å². The van der Waals surface area contributed by atoms with Gasteiger partial charge in [-0.05, 0) is 113 Å². The Bertz CT molecular complexity index is 2120. The maximum Gasteiger partial charge on any atom is -0.00923 e. The Morgan fingerprint density at radius 1 is 0.351 bits per heavy atom. The molecule has 0 heteroatoms. The van der Waals surface area contributed by atoms with Crippen molar-refractivity contribution >= 4 is 55.2 Å². The van der Waals surface area contributed by atoms with Crippen LogP contribution in [0.15, 0.2) is 127 Å². The first-order chi connectivity index (χ1) is 18.3. The van der Waals surface area contributed by atoms with Crippen molar-refractivity contribution in [3.63, 3.8) is 0 Å². The van der Waals surface area contributed by atoms with Gasteiger partial charge in [0, 0.05) is 0 Å². The number of benzene rings is 7. The zero-order valence-corrected chi connectivity index (χ0v) is 20.2. The van der Waals surface area contributed by atoms with Crippen LogP contribution < -0.4 is 0 Å². The van der Waals surface area contributed by atoms with E-state index in [1.807, 2.05) is 0 Å². The van der Waals surface area contributed by atoms with Crippen molar-refractivity contribution < 1.29 is 0 Å². The molecule has 0 saturated heterocycles. The third-order valence-electron chi connectivity index (χ3n) is 7.82. The molecule has 0 spiro atoms. The van der Waals surface area contributed by atoms with E-state index in [4.69, 9.17) is 0 Å². The summed E-state index contributed by atoms with van der Waals surface area (Å²) in [6.45, 7) is 0. The summed E-state index contributed by atoms with van der Waals surface area (Å²) in [7, 11) is 0. The summed E-state index contributed by atoms with van der Waals surface area (Å²) in [4.78, 5) is 0. The molecule has 1 aliphatic carbocycles. The Kier molecular flexibility index (Phi) is 4.28. The second kappa shape index (κ2) is 7.80. The molecule has 0 aliphatic heterocycles. The molecule has 0 N–H and O–H groups in total. The van der Waals surface area contributed by atoms with E-state index in [0.29, 0.717) is 0 Å². The number of rotatable bonds is 2. The number of hydrogen-bond acceptors (Lipinski definition) is 0. The molecular weight excluding hydrogens is 444 g/mol. The van der Waals surface area contributed by atoms with E-state index >= 15 is 0 Å². The molecular formula is C37H22. The molecule has 0 fully saturated rings. The predicted octanol–water partition coefficient (Wildman–Crippen LogP) is 10.3. The number of fused-ring (bicyclic) bond motifs is 7. The molecule has 0 aromatic heterocycles. The lowest BCUT2D eigenvalue weighted by molar-refractivity contribution is 1.61. The summed E-state index contributed by atoms with van der Waals surface area (Å²) in [5, 5.41) is 10.3. The fourth-order valence-corrected chi connectivity index (χ4v) is 6.01. The molecule has 1 aliphatic rings. The quantitative estimate of drug-likeness (QED) is 0.176. The van der Waals surface area contributed by atoms with E-state index in [1.54, 1.807) is 0 Å². The molecule has 0 atom stereocenters. The van der Waals surface area contributed by atoms with Gasteiger partial charge in [0.1, 0.15) is 0 Å². The van der Waals surface area contributed by atoms with Crippen molar-refractivity contribution in [3.05, 3.63) is 138 Å². The smallest absolute Gasteiger partial charge is 0.00923 e. The van der Waals surface area contributed by atoms with Crippen LogP contribution in [0.1, 0.15) is 11.1 Å². The Labute approximate surface area is 215 Å². The van der Waals surface area contributed by atoms with Crippen LogP contribution in [-0.4, -0.2) is 0 Å². The minimum absolute atomic E-state index is 1.23. The molecule has 0 amide bonds. The van der Waals surface area contributed by atoms with Crippen LogP contribution in [0, 0.1) is 0 Å². The van der Waals surface area contributed by atoms with Crippen LogP contribution in [-0.2, 0) is 0 Å². The van der Waals surface area contributed by atoms with Crippen molar-refractivity contribution in [1.29, 1.82) is 0 Å². The van der Waals surface area contributed by atoms with Crippen molar-refractivity contribution in [2.75, 3.05) is 0 Å². The normalized spacial score (nSPS) is 12.2. The fraction of sp³-hybridized carbons (Fsp3) is 0. The zero-order chi connectivity index (χ0) is 24.3. The van der Waals surface area contributed by atoms with Gasteiger partial charge in [0.15, 0.2) is 0 Å². The van der Waals surface area contributed by atoms with Crippen LogP contribution >= 0.6 is 0 Å². The van der Waals surface area contributed by atoms with Gasteiger partial charge in [-0.3, -0.25) is 0 Å². The molecule has 37 heavy (non-hydrogen) atoms. The summed E-state index contributed by atoms with van der Waals surface area (Å²) < 4.78 is 0. The molecule has 8 rings (SSSR count). The van der Waals surface area contributed by atoms with E-state index in [9.17, 15) is 0 Å². The lowest BCUT2D eigenvalue weighted by Gasteiger charge is -2.16. The Morgan fingerprint density at radius 2 is 0.892 bits per heavy atom. The maximum absolute atomic E-state index is 3.24. The molecule has 0 radical (unpaired) electrons. The Morgan fingerprint density at radius 3 is 1.59 bits per heavy atom. The van der Waals surface area contributed by atoms with E-state index in [-0.39, 0.29) is 0 Å². The van der Waals surface area contributed by atoms with Crippen molar-refractivity contribution in [3.8, 4) is 22.3 Å². The lowest BCUT2D eigenvalue weighted by atomic mass is 9.87. The van der Waals surface area contributed by atoms with Crippen LogP contribution in [0.3, 0.4) is 0 Å².